The Morgan fingerprint density at radius 3 is 2.54 bits per heavy atom. The highest BCUT2D eigenvalue weighted by Gasteiger charge is 2.25. The molecule has 2 heterocycles. The largest absolute Gasteiger partial charge is 0.439 e. The van der Waals surface area contributed by atoms with Crippen LogP contribution in [-0.4, -0.2) is 34.0 Å². The van der Waals surface area contributed by atoms with Crippen molar-refractivity contribution in [3.05, 3.63) is 53.7 Å². The summed E-state index contributed by atoms with van der Waals surface area (Å²) < 4.78 is 31.9. The molecule has 0 aliphatic carbocycles. The van der Waals surface area contributed by atoms with Gasteiger partial charge in [0.25, 0.3) is 0 Å². The highest BCUT2D eigenvalue weighted by Crippen LogP contribution is 2.25. The van der Waals surface area contributed by atoms with Crippen LogP contribution >= 0.6 is 0 Å². The zero-order chi connectivity index (χ0) is 18.7. The Hall–Kier alpha value is -2.70. The first-order valence-electron chi connectivity index (χ1n) is 8.52. The van der Waals surface area contributed by atoms with E-state index in [9.17, 15) is 14.0 Å². The van der Waals surface area contributed by atoms with E-state index in [-0.39, 0.29) is 11.6 Å². The van der Waals surface area contributed by atoms with E-state index in [1.165, 1.54) is 12.3 Å². The molecule has 5 nitrogen and oxygen atoms in total. The average Bonchev–Trinajstić information content (AvgIpc) is 2.58. The second-order valence-corrected chi connectivity index (χ2v) is 6.84. The maximum Gasteiger partial charge on any atom is 0.219 e. The molecule has 1 fully saturated rings. The second-order valence-electron chi connectivity index (χ2n) is 6.84. The molecular weight excluding hydrogens is 340 g/mol. The van der Waals surface area contributed by atoms with E-state index in [2.05, 4.69) is 24.0 Å². The molecule has 7 heteroatoms. The maximum absolute atomic E-state index is 13.3. The molecule has 2 atom stereocenters. The SMILES string of the molecule is CC1CC(C)CN(/C(=N\O)c2ccnc(Oc3ccc(F)c(F)c3)c2)C1. The summed E-state index contributed by atoms with van der Waals surface area (Å²) in [6.07, 6.45) is 2.66. The lowest BCUT2D eigenvalue weighted by Gasteiger charge is -2.36. The summed E-state index contributed by atoms with van der Waals surface area (Å²) in [5, 5.41) is 13.0. The Morgan fingerprint density at radius 2 is 1.88 bits per heavy atom. The monoisotopic (exact) mass is 361 g/mol. The molecule has 1 saturated heterocycles. The van der Waals surface area contributed by atoms with Crippen LogP contribution in [0, 0.1) is 23.5 Å². The zero-order valence-electron chi connectivity index (χ0n) is 14.7. The number of amidine groups is 1. The summed E-state index contributed by atoms with van der Waals surface area (Å²) in [5.41, 5.74) is 0.640. The summed E-state index contributed by atoms with van der Waals surface area (Å²) in [5.74, 6) is -0.162. The molecule has 138 valence electrons. The van der Waals surface area contributed by atoms with E-state index in [4.69, 9.17) is 4.74 Å². The molecule has 0 spiro atoms. The number of nitrogens with zero attached hydrogens (tertiary/aromatic N) is 3. The molecule has 0 bridgehead atoms. The molecule has 2 unspecified atom stereocenters. The molecule has 0 amide bonds. The number of rotatable bonds is 3. The van der Waals surface area contributed by atoms with Crippen LogP contribution in [-0.2, 0) is 0 Å². The van der Waals surface area contributed by atoms with Crippen LogP contribution in [0.15, 0.2) is 41.7 Å². The first-order valence-corrected chi connectivity index (χ1v) is 8.52. The second kappa shape index (κ2) is 7.68. The summed E-state index contributed by atoms with van der Waals surface area (Å²) >= 11 is 0. The molecule has 3 rings (SSSR count). The van der Waals surface area contributed by atoms with Crippen molar-refractivity contribution in [2.24, 2.45) is 17.0 Å². The number of oxime groups is 1. The third-order valence-corrected chi connectivity index (χ3v) is 4.37. The molecule has 1 aliphatic rings. The minimum atomic E-state index is -0.993. The summed E-state index contributed by atoms with van der Waals surface area (Å²) in [6.45, 7) is 5.93. The van der Waals surface area contributed by atoms with Gasteiger partial charge in [0.2, 0.25) is 5.88 Å². The Bertz CT molecular complexity index is 803. The number of piperidine rings is 1. The van der Waals surface area contributed by atoms with Crippen molar-refractivity contribution in [3.8, 4) is 11.6 Å². The van der Waals surface area contributed by atoms with Gasteiger partial charge in [0.1, 0.15) is 5.75 Å². The van der Waals surface area contributed by atoms with Gasteiger partial charge < -0.3 is 14.8 Å². The zero-order valence-corrected chi connectivity index (χ0v) is 14.7. The number of hydrogen-bond acceptors (Lipinski definition) is 4. The number of halogens is 2. The first kappa shape index (κ1) is 18.1. The van der Waals surface area contributed by atoms with Crippen LogP contribution in [0.3, 0.4) is 0 Å². The van der Waals surface area contributed by atoms with E-state index >= 15 is 0 Å². The summed E-state index contributed by atoms with van der Waals surface area (Å²) in [7, 11) is 0. The Balaban J connectivity index is 1.82. The Kier molecular flexibility index (Phi) is 5.35. The number of pyridine rings is 1. The van der Waals surface area contributed by atoms with Gasteiger partial charge in [0, 0.05) is 37.0 Å². The van der Waals surface area contributed by atoms with Crippen LogP contribution < -0.4 is 4.74 Å². The fraction of sp³-hybridized carbons (Fsp3) is 0.368. The van der Waals surface area contributed by atoms with Gasteiger partial charge >= 0.3 is 0 Å². The fourth-order valence-corrected chi connectivity index (χ4v) is 3.40. The normalized spacial score (nSPS) is 20.9. The van der Waals surface area contributed by atoms with Gasteiger partial charge in [-0.25, -0.2) is 13.8 Å². The lowest BCUT2D eigenvalue weighted by molar-refractivity contribution is 0.204. The average molecular weight is 361 g/mol. The van der Waals surface area contributed by atoms with Crippen LogP contribution in [0.25, 0.3) is 0 Å². The predicted molar refractivity (Wildman–Crippen MR) is 93.5 cm³/mol. The first-order chi connectivity index (χ1) is 12.5. The number of ether oxygens (including phenoxy) is 1. The smallest absolute Gasteiger partial charge is 0.219 e. The van der Waals surface area contributed by atoms with Crippen LogP contribution in [0.5, 0.6) is 11.6 Å². The number of benzene rings is 1. The molecule has 26 heavy (non-hydrogen) atoms. The molecule has 1 aromatic carbocycles. The van der Waals surface area contributed by atoms with Crippen LogP contribution in [0.1, 0.15) is 25.8 Å². The van der Waals surface area contributed by atoms with Gasteiger partial charge in [-0.05, 0) is 36.5 Å². The lowest BCUT2D eigenvalue weighted by Crippen LogP contribution is -2.43. The van der Waals surface area contributed by atoms with E-state index in [1.54, 1.807) is 12.1 Å². The third-order valence-electron chi connectivity index (χ3n) is 4.37. The minimum absolute atomic E-state index is 0.135. The van der Waals surface area contributed by atoms with E-state index in [0.29, 0.717) is 23.2 Å². The van der Waals surface area contributed by atoms with Gasteiger partial charge in [-0.3, -0.25) is 0 Å². The van der Waals surface area contributed by atoms with Crippen LogP contribution in [0.2, 0.25) is 0 Å². The molecule has 1 aliphatic heterocycles. The third kappa shape index (κ3) is 4.09. The van der Waals surface area contributed by atoms with Gasteiger partial charge in [-0.1, -0.05) is 19.0 Å². The highest BCUT2D eigenvalue weighted by atomic mass is 19.2. The molecule has 0 radical (unpaired) electrons. The number of hydrogen-bond donors (Lipinski definition) is 1. The molecule has 0 saturated carbocycles. The molecule has 2 aromatic rings. The number of likely N-dealkylation sites (tertiary alicyclic amines) is 1. The summed E-state index contributed by atoms with van der Waals surface area (Å²) in [6, 6.07) is 6.60. The summed E-state index contributed by atoms with van der Waals surface area (Å²) in [4.78, 5) is 6.12. The Morgan fingerprint density at radius 1 is 1.15 bits per heavy atom. The van der Waals surface area contributed by atoms with Crippen molar-refractivity contribution in [2.45, 2.75) is 20.3 Å². The van der Waals surface area contributed by atoms with Gasteiger partial charge in [0.15, 0.2) is 17.5 Å². The van der Waals surface area contributed by atoms with Crippen molar-refractivity contribution < 1.29 is 18.7 Å². The molecule has 1 aromatic heterocycles. The van der Waals surface area contributed by atoms with Gasteiger partial charge in [0.05, 0.1) is 0 Å². The predicted octanol–water partition coefficient (Wildman–Crippen LogP) is 4.27. The van der Waals surface area contributed by atoms with E-state index < -0.39 is 11.6 Å². The van der Waals surface area contributed by atoms with E-state index in [0.717, 1.165) is 31.6 Å². The van der Waals surface area contributed by atoms with Gasteiger partial charge in [-0.15, -0.1) is 0 Å². The highest BCUT2D eigenvalue weighted by molar-refractivity contribution is 5.98. The topological polar surface area (TPSA) is 58.0 Å². The quantitative estimate of drug-likeness (QED) is 0.384. The van der Waals surface area contributed by atoms with Crippen molar-refractivity contribution in [2.75, 3.05) is 13.1 Å². The lowest BCUT2D eigenvalue weighted by atomic mass is 9.91. The van der Waals surface area contributed by atoms with Crippen molar-refractivity contribution >= 4 is 5.84 Å². The standard InChI is InChI=1S/C19H21F2N3O2/c1-12-7-13(2)11-24(10-12)19(23-25)14-5-6-22-18(8-14)26-15-3-4-16(20)17(21)9-15/h3-6,8-9,12-13,25H,7,10-11H2,1-2H3/b23-19-. The van der Waals surface area contributed by atoms with Crippen molar-refractivity contribution in [3.63, 3.8) is 0 Å². The minimum Gasteiger partial charge on any atom is -0.439 e. The molecule has 1 N–H and O–H groups in total. The maximum atomic E-state index is 13.3. The van der Waals surface area contributed by atoms with E-state index in [1.807, 2.05) is 4.90 Å². The number of aromatic nitrogens is 1. The van der Waals surface area contributed by atoms with Crippen molar-refractivity contribution in [1.82, 2.24) is 9.88 Å². The van der Waals surface area contributed by atoms with Crippen LogP contribution in [0.4, 0.5) is 8.78 Å². The molecular formula is C19H21F2N3O2. The Labute approximate surface area is 150 Å². The van der Waals surface area contributed by atoms with Gasteiger partial charge in [-0.2, -0.15) is 0 Å². The fourth-order valence-electron chi connectivity index (χ4n) is 3.40. The van der Waals surface area contributed by atoms with Crippen molar-refractivity contribution in [1.29, 1.82) is 0 Å².